The molecule has 0 aliphatic carbocycles. The first-order valence-electron chi connectivity index (χ1n) is 10.1. The molecule has 0 N–H and O–H groups in total. The van der Waals surface area contributed by atoms with Gasteiger partial charge in [-0.3, -0.25) is 4.79 Å². The summed E-state index contributed by atoms with van der Waals surface area (Å²) in [6.07, 6.45) is 2.98. The first-order valence-corrected chi connectivity index (χ1v) is 11.5. The Morgan fingerprint density at radius 1 is 0.897 bits per heavy atom. The molecule has 154 valence electrons. The van der Waals surface area contributed by atoms with Crippen molar-refractivity contribution < 1.29 is 17.6 Å². The van der Waals surface area contributed by atoms with Crippen LogP contribution in [0.1, 0.15) is 37.3 Å². The van der Waals surface area contributed by atoms with E-state index in [0.717, 1.165) is 37.1 Å². The third-order valence-electron chi connectivity index (χ3n) is 5.97. The predicted octanol–water partition coefficient (Wildman–Crippen LogP) is 3.59. The molecule has 2 saturated heterocycles. The third-order valence-corrected chi connectivity index (χ3v) is 7.89. The van der Waals surface area contributed by atoms with Crippen LogP contribution in [0, 0.1) is 11.7 Å². The van der Waals surface area contributed by atoms with Crippen LogP contribution in [0.2, 0.25) is 0 Å². The van der Waals surface area contributed by atoms with Gasteiger partial charge in [-0.1, -0.05) is 30.3 Å². The summed E-state index contributed by atoms with van der Waals surface area (Å²) in [4.78, 5) is 15.2. The molecule has 2 heterocycles. The van der Waals surface area contributed by atoms with E-state index in [0.29, 0.717) is 25.9 Å². The van der Waals surface area contributed by atoms with Gasteiger partial charge in [0.05, 0.1) is 10.9 Å². The summed E-state index contributed by atoms with van der Waals surface area (Å²) in [5, 5.41) is 0. The highest BCUT2D eigenvalue weighted by molar-refractivity contribution is 7.89. The van der Waals surface area contributed by atoms with Crippen LogP contribution in [-0.2, 0) is 14.8 Å². The molecule has 29 heavy (non-hydrogen) atoms. The van der Waals surface area contributed by atoms with Crippen LogP contribution in [-0.4, -0.2) is 43.2 Å². The molecule has 0 unspecified atom stereocenters. The fourth-order valence-corrected chi connectivity index (χ4v) is 5.86. The molecule has 5 nitrogen and oxygen atoms in total. The van der Waals surface area contributed by atoms with Crippen molar-refractivity contribution in [1.82, 2.24) is 9.21 Å². The highest BCUT2D eigenvalue weighted by Crippen LogP contribution is 2.35. The topological polar surface area (TPSA) is 57.7 Å². The Morgan fingerprint density at radius 2 is 1.55 bits per heavy atom. The number of halogens is 1. The Hall–Kier alpha value is -2.25. The quantitative estimate of drug-likeness (QED) is 0.765. The van der Waals surface area contributed by atoms with Crippen LogP contribution < -0.4 is 0 Å². The molecule has 0 spiro atoms. The van der Waals surface area contributed by atoms with Gasteiger partial charge in [0, 0.05) is 25.6 Å². The number of sulfonamides is 1. The van der Waals surface area contributed by atoms with Crippen LogP contribution in [0.3, 0.4) is 0 Å². The lowest BCUT2D eigenvalue weighted by atomic mass is 9.95. The van der Waals surface area contributed by atoms with Crippen molar-refractivity contribution >= 4 is 15.9 Å². The highest BCUT2D eigenvalue weighted by atomic mass is 32.2. The molecule has 0 radical (unpaired) electrons. The molecule has 4 rings (SSSR count). The molecule has 2 aromatic rings. The maximum Gasteiger partial charge on any atom is 0.243 e. The summed E-state index contributed by atoms with van der Waals surface area (Å²) in [6, 6.07) is 15.1. The molecule has 7 heteroatoms. The number of piperidine rings is 1. The molecule has 2 fully saturated rings. The van der Waals surface area contributed by atoms with E-state index in [2.05, 4.69) is 12.1 Å². The van der Waals surface area contributed by atoms with Gasteiger partial charge in [-0.05, 0) is 55.5 Å². The lowest BCUT2D eigenvalue weighted by Crippen LogP contribution is -2.44. The number of benzene rings is 2. The number of hydrogen-bond acceptors (Lipinski definition) is 3. The predicted molar refractivity (Wildman–Crippen MR) is 108 cm³/mol. The zero-order valence-electron chi connectivity index (χ0n) is 16.2. The van der Waals surface area contributed by atoms with E-state index in [9.17, 15) is 17.6 Å². The molecule has 2 aliphatic rings. The standard InChI is InChI=1S/C22H25FN2O3S/c23-19-8-10-20(11-9-19)29(27,28)24-15-12-18(13-16-24)22(26)25-14-4-7-21(25)17-5-2-1-3-6-17/h1-3,5-6,8-11,18,21H,4,7,12-16H2/t21-/m1/s1. The number of amides is 1. The summed E-state index contributed by atoms with van der Waals surface area (Å²) in [7, 11) is -3.66. The van der Waals surface area contributed by atoms with Gasteiger partial charge >= 0.3 is 0 Å². The minimum absolute atomic E-state index is 0.0901. The third kappa shape index (κ3) is 4.07. The van der Waals surface area contributed by atoms with E-state index in [-0.39, 0.29) is 22.8 Å². The van der Waals surface area contributed by atoms with E-state index in [1.54, 1.807) is 0 Å². The Bertz CT molecular complexity index is 955. The average molecular weight is 417 g/mol. The van der Waals surface area contributed by atoms with Gasteiger partial charge in [-0.25, -0.2) is 12.8 Å². The first kappa shape index (κ1) is 20.0. The molecule has 0 saturated carbocycles. The largest absolute Gasteiger partial charge is 0.335 e. The normalized spacial score (nSPS) is 21.4. The fraction of sp³-hybridized carbons (Fsp3) is 0.409. The maximum absolute atomic E-state index is 13.2. The van der Waals surface area contributed by atoms with Gasteiger partial charge in [0.15, 0.2) is 0 Å². The summed E-state index contributed by atoms with van der Waals surface area (Å²) in [6.45, 7) is 1.37. The molecule has 2 aliphatic heterocycles. The summed E-state index contributed by atoms with van der Waals surface area (Å²) >= 11 is 0. The van der Waals surface area contributed by atoms with Crippen molar-refractivity contribution in [3.63, 3.8) is 0 Å². The SMILES string of the molecule is O=C(C1CCN(S(=O)(=O)c2ccc(F)cc2)CC1)N1CCC[C@@H]1c1ccccc1. The van der Waals surface area contributed by atoms with Gasteiger partial charge in [0.25, 0.3) is 0 Å². The van der Waals surface area contributed by atoms with E-state index in [1.165, 1.54) is 16.4 Å². The van der Waals surface area contributed by atoms with Crippen LogP contribution in [0.15, 0.2) is 59.5 Å². The van der Waals surface area contributed by atoms with Crippen molar-refractivity contribution in [2.75, 3.05) is 19.6 Å². The summed E-state index contributed by atoms with van der Waals surface area (Å²) in [5.41, 5.74) is 1.16. The monoisotopic (exact) mass is 416 g/mol. The van der Waals surface area contributed by atoms with Crippen LogP contribution >= 0.6 is 0 Å². The Morgan fingerprint density at radius 3 is 2.21 bits per heavy atom. The Kier molecular flexibility index (Phi) is 5.69. The minimum Gasteiger partial charge on any atom is -0.335 e. The molecule has 0 bridgehead atoms. The number of carbonyl (C=O) groups excluding carboxylic acids is 1. The maximum atomic E-state index is 13.2. The van der Waals surface area contributed by atoms with E-state index < -0.39 is 15.8 Å². The van der Waals surface area contributed by atoms with Crippen molar-refractivity contribution in [1.29, 1.82) is 0 Å². The van der Waals surface area contributed by atoms with Gasteiger partial charge in [0.1, 0.15) is 5.82 Å². The molecular formula is C22H25FN2O3S. The number of nitrogens with zero attached hydrogens (tertiary/aromatic N) is 2. The first-order chi connectivity index (χ1) is 14.0. The second kappa shape index (κ2) is 8.24. The summed E-state index contributed by atoms with van der Waals surface area (Å²) in [5.74, 6) is -0.485. The second-order valence-electron chi connectivity index (χ2n) is 7.73. The summed E-state index contributed by atoms with van der Waals surface area (Å²) < 4.78 is 40.1. The molecule has 0 aromatic heterocycles. The second-order valence-corrected chi connectivity index (χ2v) is 9.67. The van der Waals surface area contributed by atoms with Crippen molar-refractivity contribution in [3.8, 4) is 0 Å². The van der Waals surface area contributed by atoms with Crippen molar-refractivity contribution in [2.24, 2.45) is 5.92 Å². The smallest absolute Gasteiger partial charge is 0.243 e. The van der Waals surface area contributed by atoms with Crippen molar-refractivity contribution in [2.45, 2.75) is 36.6 Å². The van der Waals surface area contributed by atoms with E-state index >= 15 is 0 Å². The van der Waals surface area contributed by atoms with Crippen LogP contribution in [0.5, 0.6) is 0 Å². The van der Waals surface area contributed by atoms with Crippen LogP contribution in [0.4, 0.5) is 4.39 Å². The van der Waals surface area contributed by atoms with Gasteiger partial charge in [0.2, 0.25) is 15.9 Å². The Balaban J connectivity index is 1.41. The molecule has 1 amide bonds. The average Bonchev–Trinajstić information content (AvgIpc) is 3.24. The lowest BCUT2D eigenvalue weighted by molar-refractivity contribution is -0.137. The lowest BCUT2D eigenvalue weighted by Gasteiger charge is -2.34. The number of rotatable bonds is 4. The Labute approximate surface area is 171 Å². The zero-order chi connectivity index (χ0) is 20.4. The van der Waals surface area contributed by atoms with Crippen molar-refractivity contribution in [3.05, 3.63) is 66.0 Å². The van der Waals surface area contributed by atoms with Gasteiger partial charge in [-0.15, -0.1) is 0 Å². The highest BCUT2D eigenvalue weighted by Gasteiger charge is 2.37. The van der Waals surface area contributed by atoms with E-state index in [4.69, 9.17) is 0 Å². The number of likely N-dealkylation sites (tertiary alicyclic amines) is 1. The van der Waals surface area contributed by atoms with Crippen LogP contribution in [0.25, 0.3) is 0 Å². The fourth-order valence-electron chi connectivity index (χ4n) is 4.39. The van der Waals surface area contributed by atoms with E-state index in [1.807, 2.05) is 23.1 Å². The minimum atomic E-state index is -3.66. The van der Waals surface area contributed by atoms with Gasteiger partial charge in [-0.2, -0.15) is 4.31 Å². The molecule has 1 atom stereocenters. The molecular weight excluding hydrogens is 391 g/mol. The molecule has 2 aromatic carbocycles. The number of carbonyl (C=O) groups is 1. The van der Waals surface area contributed by atoms with Gasteiger partial charge < -0.3 is 4.90 Å². The number of hydrogen-bond donors (Lipinski definition) is 0. The zero-order valence-corrected chi connectivity index (χ0v) is 17.0.